The number of nitrogens with one attached hydrogen (secondary N) is 2. The van der Waals surface area contributed by atoms with Gasteiger partial charge < -0.3 is 10.2 Å². The van der Waals surface area contributed by atoms with Gasteiger partial charge in [-0.15, -0.1) is 5.53 Å². The van der Waals surface area contributed by atoms with Gasteiger partial charge in [0.25, 0.3) is 11.7 Å². The molecule has 2 N–H and O–H groups in total. The van der Waals surface area contributed by atoms with Crippen LogP contribution in [0.3, 0.4) is 0 Å². The molecule has 1 amide bonds. The van der Waals surface area contributed by atoms with Gasteiger partial charge in [-0.25, -0.2) is 4.79 Å². The first-order chi connectivity index (χ1) is 12.6. The van der Waals surface area contributed by atoms with E-state index in [9.17, 15) is 14.4 Å². The Hall–Kier alpha value is -3.39. The first kappa shape index (κ1) is 16.1. The fourth-order valence-electron chi connectivity index (χ4n) is 3.05. The van der Waals surface area contributed by atoms with Crippen LogP contribution in [0, 0.1) is 0 Å². The minimum absolute atomic E-state index is 0.0508. The lowest BCUT2D eigenvalue weighted by Crippen LogP contribution is -2.45. The van der Waals surface area contributed by atoms with Crippen LogP contribution in [0.15, 0.2) is 48.5 Å². The molecular weight excluding hydrogens is 336 g/mol. The van der Waals surface area contributed by atoms with E-state index in [4.69, 9.17) is 4.74 Å². The topological polar surface area (TPSA) is 91.0 Å². The highest BCUT2D eigenvalue weighted by Crippen LogP contribution is 2.31. The van der Waals surface area contributed by atoms with Gasteiger partial charge >= 0.3 is 5.97 Å². The van der Waals surface area contributed by atoms with Crippen molar-refractivity contribution in [2.75, 3.05) is 22.1 Å². The summed E-state index contributed by atoms with van der Waals surface area (Å²) >= 11 is 0. The van der Waals surface area contributed by atoms with Crippen molar-refractivity contribution >= 4 is 34.7 Å². The third-order valence-electron chi connectivity index (χ3n) is 4.41. The van der Waals surface area contributed by atoms with Crippen molar-refractivity contribution < 1.29 is 19.1 Å². The van der Waals surface area contributed by atoms with Gasteiger partial charge in [-0.1, -0.05) is 24.3 Å². The van der Waals surface area contributed by atoms with Crippen LogP contribution >= 0.6 is 0 Å². The van der Waals surface area contributed by atoms with Gasteiger partial charge in [-0.05, 0) is 31.2 Å². The van der Waals surface area contributed by atoms with Gasteiger partial charge in [-0.3, -0.25) is 19.5 Å². The summed E-state index contributed by atoms with van der Waals surface area (Å²) in [7, 11) is 0. The van der Waals surface area contributed by atoms with E-state index in [0.29, 0.717) is 11.3 Å². The highest BCUT2D eigenvalue weighted by molar-refractivity contribution is 6.52. The number of ether oxygens (including phenoxy) is 1. The Morgan fingerprint density at radius 3 is 2.58 bits per heavy atom. The van der Waals surface area contributed by atoms with Crippen molar-refractivity contribution in [1.82, 2.24) is 5.53 Å². The molecular formula is C18H16N4O4. The van der Waals surface area contributed by atoms with Crippen LogP contribution in [-0.2, 0) is 14.3 Å². The Kier molecular flexibility index (Phi) is 3.81. The summed E-state index contributed by atoms with van der Waals surface area (Å²) in [5, 5.41) is 1.63. The smallest absolute Gasteiger partial charge is 0.330 e. The van der Waals surface area contributed by atoms with Crippen LogP contribution in [0.4, 0.5) is 17.1 Å². The molecule has 1 atom stereocenters. The molecule has 8 nitrogen and oxygen atoms in total. The van der Waals surface area contributed by atoms with Crippen molar-refractivity contribution in [3.63, 3.8) is 0 Å². The minimum atomic E-state index is -0.916. The number of nitrogens with zero attached hydrogens (tertiary/aromatic N) is 2. The lowest BCUT2D eigenvalue weighted by Gasteiger charge is -2.24. The van der Waals surface area contributed by atoms with Crippen LogP contribution in [0.25, 0.3) is 0 Å². The summed E-state index contributed by atoms with van der Waals surface area (Å²) in [6, 6.07) is 13.2. The molecule has 0 aliphatic carbocycles. The summed E-state index contributed by atoms with van der Waals surface area (Å²) in [6.45, 7) is 1.49. The molecule has 2 aliphatic rings. The molecule has 4 rings (SSSR count). The summed E-state index contributed by atoms with van der Waals surface area (Å²) in [5.74, 6) is -1.93. The minimum Gasteiger partial charge on any atom is -0.441 e. The summed E-state index contributed by atoms with van der Waals surface area (Å²) in [5.41, 5.74) is 8.28. The second kappa shape index (κ2) is 6.16. The first-order valence-electron chi connectivity index (χ1n) is 8.09. The predicted octanol–water partition coefficient (Wildman–Crippen LogP) is 1.46. The molecule has 1 unspecified atom stereocenters. The van der Waals surface area contributed by atoms with E-state index in [-0.39, 0.29) is 6.73 Å². The molecule has 132 valence electrons. The number of hydrazine groups is 2. The number of hydrogen-bond donors (Lipinski definition) is 2. The van der Waals surface area contributed by atoms with E-state index in [0.717, 1.165) is 11.4 Å². The molecule has 0 fully saturated rings. The van der Waals surface area contributed by atoms with E-state index >= 15 is 0 Å². The van der Waals surface area contributed by atoms with Crippen LogP contribution in [0.5, 0.6) is 0 Å². The molecule has 2 aromatic carbocycles. The predicted molar refractivity (Wildman–Crippen MR) is 94.4 cm³/mol. The van der Waals surface area contributed by atoms with Crippen molar-refractivity contribution in [2.45, 2.75) is 13.0 Å². The van der Waals surface area contributed by atoms with Gasteiger partial charge in [0.2, 0.25) is 0 Å². The molecule has 26 heavy (non-hydrogen) atoms. The Balaban J connectivity index is 1.46. The number of benzene rings is 2. The number of anilines is 3. The molecule has 2 aromatic rings. The zero-order chi connectivity index (χ0) is 18.3. The number of Topliss-reactive ketones (excluding diaryl/α,β-unsaturated/α-hetero) is 1. The fraction of sp³-hybridized carbons (Fsp3) is 0.167. The quantitative estimate of drug-likeness (QED) is 0.636. The average Bonchev–Trinajstić information content (AvgIpc) is 3.19. The number of carbonyl (C=O) groups is 3. The molecule has 8 heteroatoms. The zero-order valence-electron chi connectivity index (χ0n) is 13.9. The largest absolute Gasteiger partial charge is 0.441 e. The van der Waals surface area contributed by atoms with E-state index in [1.807, 2.05) is 24.3 Å². The maximum atomic E-state index is 12.5. The number of carbonyl (C=O) groups excluding carboxylic acids is 3. The normalized spacial score (nSPS) is 16.2. The molecule has 0 radical (unpaired) electrons. The molecule has 0 bridgehead atoms. The highest BCUT2D eigenvalue weighted by atomic mass is 16.5. The van der Waals surface area contributed by atoms with Gasteiger partial charge in [0.15, 0.2) is 6.73 Å². The third-order valence-corrected chi connectivity index (χ3v) is 4.41. The van der Waals surface area contributed by atoms with Crippen LogP contribution < -0.4 is 20.9 Å². The molecule has 0 spiro atoms. The van der Waals surface area contributed by atoms with Gasteiger partial charge in [0, 0.05) is 0 Å². The third kappa shape index (κ3) is 2.47. The van der Waals surface area contributed by atoms with Crippen molar-refractivity contribution in [3.05, 3.63) is 54.1 Å². The fourth-order valence-corrected chi connectivity index (χ4v) is 3.05. The van der Waals surface area contributed by atoms with E-state index in [2.05, 4.69) is 11.0 Å². The number of fused-ring (bicyclic) bond motifs is 2. The number of esters is 1. The van der Waals surface area contributed by atoms with Crippen molar-refractivity contribution in [2.24, 2.45) is 0 Å². The van der Waals surface area contributed by atoms with Crippen LogP contribution in [0.2, 0.25) is 0 Å². The second-order valence-electron chi connectivity index (χ2n) is 5.97. The maximum Gasteiger partial charge on any atom is 0.330 e. The molecule has 0 saturated heterocycles. The van der Waals surface area contributed by atoms with E-state index in [1.165, 1.54) is 4.90 Å². The lowest BCUT2D eigenvalue weighted by atomic mass is 10.1. The monoisotopic (exact) mass is 352 g/mol. The van der Waals surface area contributed by atoms with E-state index in [1.54, 1.807) is 36.2 Å². The molecule has 2 heterocycles. The maximum absolute atomic E-state index is 12.5. The highest BCUT2D eigenvalue weighted by Gasteiger charge is 2.41. The van der Waals surface area contributed by atoms with Crippen LogP contribution in [0.1, 0.15) is 17.3 Å². The van der Waals surface area contributed by atoms with Gasteiger partial charge in [0.05, 0.1) is 22.6 Å². The molecule has 2 aliphatic heterocycles. The van der Waals surface area contributed by atoms with E-state index < -0.39 is 23.7 Å². The number of para-hydroxylation sites is 3. The van der Waals surface area contributed by atoms with Gasteiger partial charge in [0.1, 0.15) is 6.04 Å². The average molecular weight is 352 g/mol. The zero-order valence-corrected chi connectivity index (χ0v) is 13.9. The Morgan fingerprint density at radius 2 is 1.77 bits per heavy atom. The van der Waals surface area contributed by atoms with Crippen molar-refractivity contribution in [3.8, 4) is 0 Å². The Labute approximate surface area is 149 Å². The van der Waals surface area contributed by atoms with Gasteiger partial charge in [-0.2, -0.15) is 0 Å². The SMILES string of the molecule is CC(C(=O)OCN1NNc2ccccc21)N1C(=O)C(=O)c2ccccc21. The summed E-state index contributed by atoms with van der Waals surface area (Å²) in [6.07, 6.45) is 0. The number of amides is 1. The number of hydrogen-bond acceptors (Lipinski definition) is 7. The second-order valence-corrected chi connectivity index (χ2v) is 5.97. The van der Waals surface area contributed by atoms with Crippen molar-refractivity contribution in [1.29, 1.82) is 0 Å². The standard InChI is InChI=1S/C18H16N4O4/c1-11(22-14-8-4-2-6-12(14)16(23)17(22)24)18(25)26-10-21-15-9-5-3-7-13(15)19-20-21/h2-9,11,19-20H,10H2,1H3. The van der Waals surface area contributed by atoms with Crippen LogP contribution in [-0.4, -0.2) is 30.4 Å². The first-order valence-corrected chi connectivity index (χ1v) is 8.09. The molecule has 0 aromatic heterocycles. The number of rotatable bonds is 4. The Bertz CT molecular complexity index is 914. The summed E-state index contributed by atoms with van der Waals surface area (Å²) < 4.78 is 5.33. The molecule has 0 saturated carbocycles. The number of ketones is 1. The Morgan fingerprint density at radius 1 is 1.08 bits per heavy atom. The lowest BCUT2D eigenvalue weighted by molar-refractivity contribution is -0.145. The summed E-state index contributed by atoms with van der Waals surface area (Å²) in [4.78, 5) is 38.0.